The summed E-state index contributed by atoms with van der Waals surface area (Å²) in [6, 6.07) is 25.7. The molecule has 0 spiro atoms. The Morgan fingerprint density at radius 1 is 0.865 bits per heavy atom. The predicted molar refractivity (Wildman–Crippen MR) is 140 cm³/mol. The lowest BCUT2D eigenvalue weighted by Crippen LogP contribution is -2.29. The number of aromatic hydroxyl groups is 2. The van der Waals surface area contributed by atoms with Crippen LogP contribution in [-0.2, 0) is 0 Å². The van der Waals surface area contributed by atoms with Crippen molar-refractivity contribution in [2.24, 2.45) is 0 Å². The van der Waals surface area contributed by atoms with Gasteiger partial charge in [-0.05, 0) is 72.0 Å². The molecule has 0 aromatic heterocycles. The second-order valence-corrected chi connectivity index (χ2v) is 9.17. The number of nitrogens with zero attached hydrogens (tertiary/aromatic N) is 1. The molecule has 1 unspecified atom stereocenters. The number of urea groups is 1. The van der Waals surface area contributed by atoms with Crippen molar-refractivity contribution in [2.75, 3.05) is 4.90 Å². The molecule has 6 nitrogen and oxygen atoms in total. The van der Waals surface area contributed by atoms with Crippen LogP contribution in [0, 0.1) is 5.82 Å². The van der Waals surface area contributed by atoms with Gasteiger partial charge in [0.2, 0.25) is 0 Å². The molecule has 37 heavy (non-hydrogen) atoms. The van der Waals surface area contributed by atoms with Gasteiger partial charge in [-0.2, -0.15) is 0 Å². The highest BCUT2D eigenvalue weighted by Crippen LogP contribution is 2.41. The van der Waals surface area contributed by atoms with E-state index in [2.05, 4.69) is 5.32 Å². The van der Waals surface area contributed by atoms with E-state index in [0.29, 0.717) is 29.7 Å². The number of hydrogen-bond donors (Lipinski definition) is 4. The summed E-state index contributed by atoms with van der Waals surface area (Å²) in [6.45, 7) is 0. The highest BCUT2D eigenvalue weighted by atomic mass is 19.1. The fourth-order valence-corrected chi connectivity index (χ4v) is 4.91. The van der Waals surface area contributed by atoms with Crippen LogP contribution < -0.4 is 10.2 Å². The predicted octanol–water partition coefficient (Wildman–Crippen LogP) is 6.06. The number of carbonyl (C=O) groups is 1. The maximum Gasteiger partial charge on any atom is 0.322 e. The zero-order valence-corrected chi connectivity index (χ0v) is 20.0. The molecule has 3 atom stereocenters. The Hall–Kier alpha value is -4.36. The first-order valence-corrected chi connectivity index (χ1v) is 12.1. The maximum absolute atomic E-state index is 13.3. The van der Waals surface area contributed by atoms with Crippen molar-refractivity contribution in [3.8, 4) is 22.6 Å². The number of halogens is 1. The molecule has 7 heteroatoms. The summed E-state index contributed by atoms with van der Waals surface area (Å²) in [6.07, 6.45) is -0.0742. The molecule has 0 saturated carbocycles. The van der Waals surface area contributed by atoms with Crippen LogP contribution >= 0.6 is 0 Å². The second kappa shape index (κ2) is 10.3. The third-order valence-corrected chi connectivity index (χ3v) is 6.76. The number of phenols is 2. The SMILES string of the molecule is O=C1N[C@@H](CCC(O)c2ccc(F)cc2)[C@@H](c2ccc(-c3cccc(O)c3)cc2O)N1c1ccccc1. The lowest BCUT2D eigenvalue weighted by molar-refractivity contribution is 0.159. The monoisotopic (exact) mass is 498 g/mol. The van der Waals surface area contributed by atoms with E-state index < -0.39 is 18.2 Å². The Labute approximate surface area is 214 Å². The fraction of sp³-hybridized carbons (Fsp3) is 0.167. The van der Waals surface area contributed by atoms with Gasteiger partial charge >= 0.3 is 6.03 Å². The van der Waals surface area contributed by atoms with Gasteiger partial charge < -0.3 is 20.6 Å². The van der Waals surface area contributed by atoms with Crippen molar-refractivity contribution in [1.82, 2.24) is 5.32 Å². The summed E-state index contributed by atoms with van der Waals surface area (Å²) in [7, 11) is 0. The number of benzene rings is 4. The van der Waals surface area contributed by atoms with Crippen LogP contribution in [0.25, 0.3) is 11.1 Å². The van der Waals surface area contributed by atoms with Gasteiger partial charge in [-0.15, -0.1) is 0 Å². The fourth-order valence-electron chi connectivity index (χ4n) is 4.91. The van der Waals surface area contributed by atoms with Crippen molar-refractivity contribution < 1.29 is 24.5 Å². The first-order chi connectivity index (χ1) is 17.9. The number of aliphatic hydroxyl groups excluding tert-OH is 1. The van der Waals surface area contributed by atoms with Crippen LogP contribution in [0.3, 0.4) is 0 Å². The first-order valence-electron chi connectivity index (χ1n) is 12.1. The quantitative estimate of drug-likeness (QED) is 0.249. The minimum Gasteiger partial charge on any atom is -0.508 e. The highest BCUT2D eigenvalue weighted by molar-refractivity contribution is 5.96. The Balaban J connectivity index is 1.46. The number of phenolic OH excluding ortho intramolecular Hbond substituents is 2. The van der Waals surface area contributed by atoms with Crippen molar-refractivity contribution in [2.45, 2.75) is 31.0 Å². The minimum absolute atomic E-state index is 0.0207. The summed E-state index contributed by atoms with van der Waals surface area (Å²) in [5, 5.41) is 34.7. The van der Waals surface area contributed by atoms with E-state index in [1.807, 2.05) is 42.5 Å². The summed E-state index contributed by atoms with van der Waals surface area (Å²) >= 11 is 0. The topological polar surface area (TPSA) is 93.0 Å². The van der Waals surface area contributed by atoms with Gasteiger partial charge in [0.25, 0.3) is 0 Å². The molecule has 5 rings (SSSR count). The van der Waals surface area contributed by atoms with Crippen molar-refractivity contribution in [3.05, 3.63) is 114 Å². The second-order valence-electron chi connectivity index (χ2n) is 9.17. The molecule has 1 aliphatic rings. The summed E-state index contributed by atoms with van der Waals surface area (Å²) in [5.41, 5.74) is 3.32. The van der Waals surface area contributed by atoms with Crippen molar-refractivity contribution in [1.29, 1.82) is 0 Å². The van der Waals surface area contributed by atoms with Gasteiger partial charge in [0.1, 0.15) is 17.3 Å². The van der Waals surface area contributed by atoms with E-state index in [1.54, 1.807) is 47.4 Å². The third kappa shape index (κ3) is 5.13. The van der Waals surface area contributed by atoms with Gasteiger partial charge in [-0.3, -0.25) is 4.90 Å². The third-order valence-electron chi connectivity index (χ3n) is 6.76. The average Bonchev–Trinajstić information content (AvgIpc) is 3.23. The molecule has 1 heterocycles. The zero-order chi connectivity index (χ0) is 25.9. The molecule has 4 aromatic rings. The molecule has 188 valence electrons. The van der Waals surface area contributed by atoms with Crippen molar-refractivity contribution in [3.63, 3.8) is 0 Å². The number of hydrogen-bond acceptors (Lipinski definition) is 4. The number of amides is 2. The van der Waals surface area contributed by atoms with E-state index in [1.165, 1.54) is 12.1 Å². The standard InChI is InChI=1S/C30H27FN2O4/c31-22-12-9-19(10-13-22)27(35)16-15-26-29(33(30(37)32-26)23-6-2-1-3-7-23)25-14-11-21(18-28(25)36)20-5-4-8-24(34)17-20/h1-14,17-18,26-27,29,34-36H,15-16H2,(H,32,37)/t26-,27?,29+/m0/s1. The largest absolute Gasteiger partial charge is 0.508 e. The number of aliphatic hydroxyl groups is 1. The normalized spacial score (nSPS) is 18.0. The number of rotatable bonds is 7. The van der Waals surface area contributed by atoms with Crippen LogP contribution in [-0.4, -0.2) is 27.4 Å². The maximum atomic E-state index is 13.3. The smallest absolute Gasteiger partial charge is 0.322 e. The highest BCUT2D eigenvalue weighted by Gasteiger charge is 2.42. The summed E-state index contributed by atoms with van der Waals surface area (Å²) in [5.74, 6) is -0.226. The zero-order valence-electron chi connectivity index (χ0n) is 20.0. The molecule has 0 aliphatic carbocycles. The lowest BCUT2D eigenvalue weighted by Gasteiger charge is -2.28. The summed E-state index contributed by atoms with van der Waals surface area (Å²) in [4.78, 5) is 14.8. The molecular formula is C30H27FN2O4. The van der Waals surface area contributed by atoms with Crippen LogP contribution in [0.1, 0.15) is 36.1 Å². The minimum atomic E-state index is -0.828. The van der Waals surface area contributed by atoms with E-state index in [0.717, 1.165) is 11.1 Å². The van der Waals surface area contributed by atoms with Crippen LogP contribution in [0.2, 0.25) is 0 Å². The summed E-state index contributed by atoms with van der Waals surface area (Å²) < 4.78 is 13.3. The molecule has 1 aliphatic heterocycles. The Kier molecular flexibility index (Phi) is 6.79. The molecule has 2 amide bonds. The van der Waals surface area contributed by atoms with E-state index >= 15 is 0 Å². The Morgan fingerprint density at radius 3 is 2.30 bits per heavy atom. The Morgan fingerprint density at radius 2 is 1.59 bits per heavy atom. The Bertz CT molecular complexity index is 1390. The molecule has 4 aromatic carbocycles. The molecule has 1 fully saturated rings. The van der Waals surface area contributed by atoms with Crippen LogP contribution in [0.5, 0.6) is 11.5 Å². The molecule has 1 saturated heterocycles. The van der Waals surface area contributed by atoms with Gasteiger partial charge in [0.05, 0.1) is 18.2 Å². The molecule has 0 bridgehead atoms. The number of nitrogens with one attached hydrogen (secondary N) is 1. The van der Waals surface area contributed by atoms with E-state index in [4.69, 9.17) is 0 Å². The van der Waals surface area contributed by atoms with Crippen LogP contribution in [0.15, 0.2) is 97.1 Å². The number of carbonyl (C=O) groups excluding carboxylic acids is 1. The lowest BCUT2D eigenvalue weighted by atomic mass is 9.91. The van der Waals surface area contributed by atoms with Crippen molar-refractivity contribution >= 4 is 11.7 Å². The van der Waals surface area contributed by atoms with E-state index in [9.17, 15) is 24.5 Å². The van der Waals surface area contributed by atoms with Gasteiger partial charge in [0, 0.05) is 11.3 Å². The number of para-hydroxylation sites is 1. The molecule has 4 N–H and O–H groups in total. The van der Waals surface area contributed by atoms with Gasteiger partial charge in [0.15, 0.2) is 0 Å². The van der Waals surface area contributed by atoms with E-state index in [-0.39, 0.29) is 23.3 Å². The first kappa shape index (κ1) is 24.3. The average molecular weight is 499 g/mol. The van der Waals surface area contributed by atoms with Crippen LogP contribution in [0.4, 0.5) is 14.9 Å². The van der Waals surface area contributed by atoms with Gasteiger partial charge in [-0.1, -0.05) is 54.6 Å². The molecular weight excluding hydrogens is 471 g/mol. The molecule has 0 radical (unpaired) electrons. The van der Waals surface area contributed by atoms with Gasteiger partial charge in [-0.25, -0.2) is 9.18 Å². The number of anilines is 1.